The van der Waals surface area contributed by atoms with Crippen LogP contribution in [-0.2, 0) is 0 Å². The highest BCUT2D eigenvalue weighted by Crippen LogP contribution is 2.28. The largest absolute Gasteiger partial charge is 0.408 e. The van der Waals surface area contributed by atoms with Gasteiger partial charge in [0.1, 0.15) is 6.04 Å². The molecule has 0 bridgehead atoms. The predicted molar refractivity (Wildman–Crippen MR) is 54.7 cm³/mol. The van der Waals surface area contributed by atoms with Gasteiger partial charge in [0, 0.05) is 5.69 Å². The molecule has 0 radical (unpaired) electrons. The van der Waals surface area contributed by atoms with E-state index in [1.54, 1.807) is 44.2 Å². The van der Waals surface area contributed by atoms with Crippen LogP contribution in [0.15, 0.2) is 30.3 Å². The molecule has 1 N–H and O–H groups in total. The van der Waals surface area contributed by atoms with Gasteiger partial charge in [-0.3, -0.25) is 0 Å². The van der Waals surface area contributed by atoms with E-state index >= 15 is 0 Å². The van der Waals surface area contributed by atoms with Crippen LogP contribution < -0.4 is 5.32 Å². The van der Waals surface area contributed by atoms with Crippen molar-refractivity contribution in [1.82, 2.24) is 0 Å². The summed E-state index contributed by atoms with van der Waals surface area (Å²) in [7, 11) is 0. The Labute approximate surface area is 87.3 Å². The molecular weight excluding hydrogens is 203 g/mol. The van der Waals surface area contributed by atoms with Crippen LogP contribution in [0.5, 0.6) is 0 Å². The number of nitrogens with one attached hydrogen (secondary N) is 1. The lowest BCUT2D eigenvalue weighted by molar-refractivity contribution is -0.150. The Hall–Kier alpha value is -1.19. The number of alkyl halides is 3. The lowest BCUT2D eigenvalue weighted by atomic mass is 10.0. The van der Waals surface area contributed by atoms with Gasteiger partial charge in [-0.25, -0.2) is 0 Å². The molecule has 1 aromatic carbocycles. The quantitative estimate of drug-likeness (QED) is 0.814. The molecule has 1 rings (SSSR count). The Morgan fingerprint density at radius 1 is 1.07 bits per heavy atom. The van der Waals surface area contributed by atoms with E-state index in [-0.39, 0.29) is 0 Å². The summed E-state index contributed by atoms with van der Waals surface area (Å²) < 4.78 is 37.8. The zero-order valence-electron chi connectivity index (χ0n) is 8.68. The Kier molecular flexibility index (Phi) is 3.61. The van der Waals surface area contributed by atoms with Gasteiger partial charge in [0.25, 0.3) is 0 Å². The van der Waals surface area contributed by atoms with Crippen molar-refractivity contribution in [3.05, 3.63) is 30.3 Å². The van der Waals surface area contributed by atoms with E-state index in [0.717, 1.165) is 0 Å². The molecule has 4 heteroatoms. The van der Waals surface area contributed by atoms with Crippen molar-refractivity contribution < 1.29 is 13.2 Å². The number of rotatable bonds is 3. The zero-order valence-corrected chi connectivity index (χ0v) is 8.68. The van der Waals surface area contributed by atoms with Gasteiger partial charge in [-0.1, -0.05) is 32.0 Å². The van der Waals surface area contributed by atoms with Gasteiger partial charge < -0.3 is 5.32 Å². The zero-order chi connectivity index (χ0) is 11.5. The molecular formula is C11H14F3N. The van der Waals surface area contributed by atoms with Crippen molar-refractivity contribution in [2.75, 3.05) is 5.32 Å². The first-order chi connectivity index (χ1) is 6.91. The molecule has 1 aromatic rings. The van der Waals surface area contributed by atoms with E-state index in [2.05, 4.69) is 5.32 Å². The number of para-hydroxylation sites is 1. The van der Waals surface area contributed by atoms with Crippen LogP contribution in [0.25, 0.3) is 0 Å². The highest BCUT2D eigenvalue weighted by Gasteiger charge is 2.41. The Morgan fingerprint density at radius 3 is 2.00 bits per heavy atom. The minimum atomic E-state index is -4.22. The second-order valence-corrected chi connectivity index (χ2v) is 3.77. The van der Waals surface area contributed by atoms with Gasteiger partial charge in [-0.15, -0.1) is 0 Å². The third-order valence-corrected chi connectivity index (χ3v) is 2.12. The lowest BCUT2D eigenvalue weighted by Crippen LogP contribution is -2.40. The fraction of sp³-hybridized carbons (Fsp3) is 0.455. The summed E-state index contributed by atoms with van der Waals surface area (Å²) in [5.74, 6) is -0.495. The number of anilines is 1. The molecule has 0 fully saturated rings. The van der Waals surface area contributed by atoms with E-state index in [4.69, 9.17) is 0 Å². The molecule has 0 saturated heterocycles. The van der Waals surface area contributed by atoms with Crippen molar-refractivity contribution in [1.29, 1.82) is 0 Å². The fourth-order valence-corrected chi connectivity index (χ4v) is 1.34. The number of halogens is 3. The molecule has 15 heavy (non-hydrogen) atoms. The van der Waals surface area contributed by atoms with Crippen molar-refractivity contribution in [3.63, 3.8) is 0 Å². The monoisotopic (exact) mass is 217 g/mol. The standard InChI is InChI=1S/C11H14F3N/c1-8(2)10(11(12,13)14)15-9-6-4-3-5-7-9/h3-8,10,15H,1-2H3/t10-/m0/s1. The van der Waals surface area contributed by atoms with Gasteiger partial charge in [-0.2, -0.15) is 13.2 Å². The smallest absolute Gasteiger partial charge is 0.374 e. The molecule has 0 unspecified atom stereocenters. The third kappa shape index (κ3) is 3.46. The minimum Gasteiger partial charge on any atom is -0.374 e. The van der Waals surface area contributed by atoms with Crippen LogP contribution >= 0.6 is 0 Å². The number of hydrogen-bond acceptors (Lipinski definition) is 1. The third-order valence-electron chi connectivity index (χ3n) is 2.12. The summed E-state index contributed by atoms with van der Waals surface area (Å²) in [6.45, 7) is 3.10. The molecule has 0 amide bonds. The molecule has 0 aliphatic rings. The summed E-state index contributed by atoms with van der Waals surface area (Å²) in [6, 6.07) is 6.93. The maximum atomic E-state index is 12.6. The van der Waals surface area contributed by atoms with Crippen LogP contribution in [0, 0.1) is 5.92 Å². The number of benzene rings is 1. The van der Waals surface area contributed by atoms with Crippen LogP contribution in [-0.4, -0.2) is 12.2 Å². The van der Waals surface area contributed by atoms with E-state index in [1.807, 2.05) is 0 Å². The van der Waals surface area contributed by atoms with Crippen molar-refractivity contribution in [2.24, 2.45) is 5.92 Å². The van der Waals surface area contributed by atoms with E-state index in [1.165, 1.54) is 0 Å². The summed E-state index contributed by atoms with van der Waals surface area (Å²) >= 11 is 0. The molecule has 1 nitrogen and oxygen atoms in total. The summed E-state index contributed by atoms with van der Waals surface area (Å²) in [4.78, 5) is 0. The first-order valence-electron chi connectivity index (χ1n) is 4.79. The van der Waals surface area contributed by atoms with Gasteiger partial charge in [0.15, 0.2) is 0 Å². The average Bonchev–Trinajstić information content (AvgIpc) is 2.13. The van der Waals surface area contributed by atoms with Crippen LogP contribution in [0.3, 0.4) is 0 Å². The van der Waals surface area contributed by atoms with Crippen molar-refractivity contribution in [3.8, 4) is 0 Å². The first-order valence-corrected chi connectivity index (χ1v) is 4.79. The van der Waals surface area contributed by atoms with E-state index in [0.29, 0.717) is 5.69 Å². The topological polar surface area (TPSA) is 12.0 Å². The van der Waals surface area contributed by atoms with Gasteiger partial charge >= 0.3 is 6.18 Å². The molecule has 0 aromatic heterocycles. The van der Waals surface area contributed by atoms with Crippen LogP contribution in [0.4, 0.5) is 18.9 Å². The summed E-state index contributed by atoms with van der Waals surface area (Å²) in [5, 5.41) is 2.49. The van der Waals surface area contributed by atoms with Gasteiger partial charge in [0.2, 0.25) is 0 Å². The normalized spacial score (nSPS) is 14.0. The SMILES string of the molecule is CC(C)[C@H](Nc1ccccc1)C(F)(F)F. The highest BCUT2D eigenvalue weighted by atomic mass is 19.4. The average molecular weight is 217 g/mol. The van der Waals surface area contributed by atoms with E-state index in [9.17, 15) is 13.2 Å². The van der Waals surface area contributed by atoms with E-state index < -0.39 is 18.1 Å². The van der Waals surface area contributed by atoms with Crippen LogP contribution in [0.2, 0.25) is 0 Å². The fourth-order valence-electron chi connectivity index (χ4n) is 1.34. The summed E-state index contributed by atoms with van der Waals surface area (Å²) in [6.07, 6.45) is -4.22. The molecule has 0 spiro atoms. The summed E-state index contributed by atoms with van der Waals surface area (Å²) in [5.41, 5.74) is 0.494. The maximum absolute atomic E-state index is 12.6. The second-order valence-electron chi connectivity index (χ2n) is 3.77. The predicted octanol–water partition coefficient (Wildman–Crippen LogP) is 3.69. The lowest BCUT2D eigenvalue weighted by Gasteiger charge is -2.25. The van der Waals surface area contributed by atoms with Crippen molar-refractivity contribution >= 4 is 5.69 Å². The first kappa shape index (κ1) is 11.9. The molecule has 0 saturated carbocycles. The van der Waals surface area contributed by atoms with Gasteiger partial charge in [-0.05, 0) is 18.1 Å². The molecule has 0 aliphatic carbocycles. The molecule has 0 aliphatic heterocycles. The Morgan fingerprint density at radius 2 is 1.60 bits per heavy atom. The minimum absolute atomic E-state index is 0.494. The Balaban J connectivity index is 2.77. The Bertz CT molecular complexity index is 292. The number of hydrogen-bond donors (Lipinski definition) is 1. The molecule has 0 heterocycles. The van der Waals surface area contributed by atoms with Crippen LogP contribution in [0.1, 0.15) is 13.8 Å². The molecule has 1 atom stereocenters. The second kappa shape index (κ2) is 4.55. The van der Waals surface area contributed by atoms with Gasteiger partial charge in [0.05, 0.1) is 0 Å². The van der Waals surface area contributed by atoms with Crippen molar-refractivity contribution in [2.45, 2.75) is 26.1 Å². The maximum Gasteiger partial charge on any atom is 0.408 e. The highest BCUT2D eigenvalue weighted by molar-refractivity contribution is 5.43. The molecule has 84 valence electrons.